The van der Waals surface area contributed by atoms with Crippen LogP contribution in [0.25, 0.3) is 0 Å². The van der Waals surface area contributed by atoms with Gasteiger partial charge in [-0.15, -0.1) is 0 Å². The zero-order chi connectivity index (χ0) is 17.1. The molecule has 0 saturated carbocycles. The molecule has 0 fully saturated rings. The number of hydrogen-bond donors (Lipinski definition) is 3. The zero-order valence-corrected chi connectivity index (χ0v) is 12.8. The minimum Gasteiger partial charge on any atom is -0.478 e. The molecule has 0 aliphatic heterocycles. The molecule has 1 rings (SSSR count). The van der Waals surface area contributed by atoms with Gasteiger partial charge in [0.25, 0.3) is 5.91 Å². The van der Waals surface area contributed by atoms with Crippen LogP contribution < -0.4 is 10.6 Å². The lowest BCUT2D eigenvalue weighted by Crippen LogP contribution is -2.26. The van der Waals surface area contributed by atoms with Crippen molar-refractivity contribution in [3.05, 3.63) is 41.6 Å². The van der Waals surface area contributed by atoms with Gasteiger partial charge < -0.3 is 20.5 Å². The Balaban J connectivity index is 2.58. The number of carbonyl (C=O) groups excluding carboxylic acids is 1. The number of carboxylic acids is 1. The summed E-state index contributed by atoms with van der Waals surface area (Å²) in [5, 5.41) is 23.3. The third kappa shape index (κ3) is 6.63. The first-order valence-electron chi connectivity index (χ1n) is 7.14. The van der Waals surface area contributed by atoms with Gasteiger partial charge in [0.15, 0.2) is 0 Å². The van der Waals surface area contributed by atoms with Gasteiger partial charge in [0, 0.05) is 31.6 Å². The van der Waals surface area contributed by atoms with E-state index in [0.29, 0.717) is 31.9 Å². The van der Waals surface area contributed by atoms with Crippen molar-refractivity contribution in [2.75, 3.05) is 25.1 Å². The highest BCUT2D eigenvalue weighted by Crippen LogP contribution is 2.11. The third-order valence-corrected chi connectivity index (χ3v) is 2.81. The Hall–Kier alpha value is -2.85. The molecule has 3 N–H and O–H groups in total. The summed E-state index contributed by atoms with van der Waals surface area (Å²) in [6.07, 6.45) is 1.91. The number of aromatic carboxylic acids is 1. The lowest BCUT2D eigenvalue weighted by Gasteiger charge is -2.06. The number of nitriles is 1. The molecule has 7 nitrogen and oxygen atoms in total. The molecule has 0 aliphatic rings. The summed E-state index contributed by atoms with van der Waals surface area (Å²) >= 11 is 0. The van der Waals surface area contributed by atoms with Gasteiger partial charge in [0.05, 0.1) is 5.56 Å². The number of hydrogen-bond acceptors (Lipinski definition) is 5. The van der Waals surface area contributed by atoms with Crippen molar-refractivity contribution in [2.45, 2.75) is 13.3 Å². The number of amides is 1. The molecule has 0 aliphatic carbocycles. The van der Waals surface area contributed by atoms with Gasteiger partial charge in [-0.05, 0) is 31.5 Å². The second-order valence-electron chi connectivity index (χ2n) is 4.51. The van der Waals surface area contributed by atoms with Gasteiger partial charge in [-0.2, -0.15) is 5.26 Å². The Labute approximate surface area is 134 Å². The largest absolute Gasteiger partial charge is 0.478 e. The Morgan fingerprint density at radius 3 is 2.87 bits per heavy atom. The van der Waals surface area contributed by atoms with E-state index >= 15 is 0 Å². The van der Waals surface area contributed by atoms with Crippen LogP contribution in [0.2, 0.25) is 0 Å². The predicted octanol–water partition coefficient (Wildman–Crippen LogP) is 1.75. The van der Waals surface area contributed by atoms with E-state index in [0.717, 1.165) is 0 Å². The van der Waals surface area contributed by atoms with E-state index < -0.39 is 11.9 Å². The first-order valence-corrected chi connectivity index (χ1v) is 7.14. The summed E-state index contributed by atoms with van der Waals surface area (Å²) in [5.41, 5.74) is 0.492. The van der Waals surface area contributed by atoms with Crippen molar-refractivity contribution >= 4 is 17.6 Å². The fourth-order valence-corrected chi connectivity index (χ4v) is 1.66. The minimum absolute atomic E-state index is 0.0952. The van der Waals surface area contributed by atoms with Crippen molar-refractivity contribution in [3.8, 4) is 6.07 Å². The molecule has 23 heavy (non-hydrogen) atoms. The zero-order valence-electron chi connectivity index (χ0n) is 12.8. The third-order valence-electron chi connectivity index (χ3n) is 2.81. The van der Waals surface area contributed by atoms with Crippen LogP contribution in [0.1, 0.15) is 23.7 Å². The summed E-state index contributed by atoms with van der Waals surface area (Å²) < 4.78 is 5.15. The molecule has 0 unspecified atom stereocenters. The van der Waals surface area contributed by atoms with Gasteiger partial charge in [-0.3, -0.25) is 4.79 Å². The number of rotatable bonds is 9. The van der Waals surface area contributed by atoms with Crippen LogP contribution in [0.15, 0.2) is 36.0 Å². The first kappa shape index (κ1) is 18.2. The molecule has 0 heterocycles. The molecule has 122 valence electrons. The van der Waals surface area contributed by atoms with E-state index in [1.807, 2.05) is 6.92 Å². The SMILES string of the molecule is CCOCCCNC(=O)/C(C#N)=C\Nc1cccc(C(=O)O)c1. The summed E-state index contributed by atoms with van der Waals surface area (Å²) in [7, 11) is 0. The smallest absolute Gasteiger partial charge is 0.335 e. The van der Waals surface area contributed by atoms with Gasteiger partial charge in [0.1, 0.15) is 11.6 Å². The second-order valence-corrected chi connectivity index (χ2v) is 4.51. The lowest BCUT2D eigenvalue weighted by molar-refractivity contribution is -0.117. The number of anilines is 1. The second kappa shape index (κ2) is 9.97. The standard InChI is InChI=1S/C16H19N3O4/c1-2-23-8-4-7-18-15(20)13(10-17)11-19-14-6-3-5-12(9-14)16(21)22/h3,5-6,9,11,19H,2,4,7-8H2,1H3,(H,18,20)(H,21,22)/b13-11-. The molecule has 1 amide bonds. The minimum atomic E-state index is -1.05. The van der Waals surface area contributed by atoms with E-state index in [-0.39, 0.29) is 11.1 Å². The number of benzene rings is 1. The van der Waals surface area contributed by atoms with Crippen LogP contribution in [-0.4, -0.2) is 36.7 Å². The number of nitrogens with one attached hydrogen (secondary N) is 2. The first-order chi connectivity index (χ1) is 11.1. The van der Waals surface area contributed by atoms with E-state index in [1.54, 1.807) is 18.2 Å². The summed E-state index contributed by atoms with van der Waals surface area (Å²) in [6, 6.07) is 7.87. The van der Waals surface area contributed by atoms with Gasteiger partial charge >= 0.3 is 5.97 Å². The van der Waals surface area contributed by atoms with E-state index in [2.05, 4.69) is 10.6 Å². The number of ether oxygens (including phenoxy) is 1. The molecular weight excluding hydrogens is 298 g/mol. The van der Waals surface area contributed by atoms with Gasteiger partial charge in [-0.1, -0.05) is 6.07 Å². The maximum Gasteiger partial charge on any atom is 0.335 e. The van der Waals surface area contributed by atoms with Crippen molar-refractivity contribution in [1.82, 2.24) is 5.32 Å². The molecule has 0 saturated heterocycles. The highest BCUT2D eigenvalue weighted by atomic mass is 16.5. The number of nitrogens with zero attached hydrogens (tertiary/aromatic N) is 1. The van der Waals surface area contributed by atoms with Crippen molar-refractivity contribution in [2.24, 2.45) is 0 Å². The van der Waals surface area contributed by atoms with Crippen molar-refractivity contribution in [3.63, 3.8) is 0 Å². The Morgan fingerprint density at radius 1 is 1.43 bits per heavy atom. The fraction of sp³-hybridized carbons (Fsp3) is 0.312. The predicted molar refractivity (Wildman–Crippen MR) is 84.8 cm³/mol. The van der Waals surface area contributed by atoms with Crippen LogP contribution in [0, 0.1) is 11.3 Å². The maximum absolute atomic E-state index is 11.8. The molecule has 7 heteroatoms. The summed E-state index contributed by atoms with van der Waals surface area (Å²) in [6.45, 7) is 3.46. The molecule has 0 bridgehead atoms. The van der Waals surface area contributed by atoms with Gasteiger partial charge in [-0.25, -0.2) is 4.79 Å². The fourth-order valence-electron chi connectivity index (χ4n) is 1.66. The summed E-state index contributed by atoms with van der Waals surface area (Å²) in [4.78, 5) is 22.7. The van der Waals surface area contributed by atoms with Crippen LogP contribution in [-0.2, 0) is 9.53 Å². The van der Waals surface area contributed by atoms with Crippen LogP contribution in [0.5, 0.6) is 0 Å². The number of carboxylic acid groups (broad SMARTS) is 1. The normalized spacial score (nSPS) is 10.7. The van der Waals surface area contributed by atoms with E-state index in [9.17, 15) is 9.59 Å². The van der Waals surface area contributed by atoms with E-state index in [4.69, 9.17) is 15.1 Å². The molecule has 1 aromatic carbocycles. The summed E-state index contributed by atoms with van der Waals surface area (Å²) in [5.74, 6) is -1.55. The topological polar surface area (TPSA) is 111 Å². The molecule has 0 aromatic heterocycles. The molecule has 0 spiro atoms. The lowest BCUT2D eigenvalue weighted by atomic mass is 10.2. The average molecular weight is 317 g/mol. The molecule has 0 atom stereocenters. The average Bonchev–Trinajstić information content (AvgIpc) is 2.55. The van der Waals surface area contributed by atoms with E-state index in [1.165, 1.54) is 18.3 Å². The highest BCUT2D eigenvalue weighted by molar-refractivity contribution is 5.97. The highest BCUT2D eigenvalue weighted by Gasteiger charge is 2.08. The maximum atomic E-state index is 11.8. The Kier molecular flexibility index (Phi) is 7.89. The number of carbonyl (C=O) groups is 2. The van der Waals surface area contributed by atoms with Crippen molar-refractivity contribution < 1.29 is 19.4 Å². The van der Waals surface area contributed by atoms with Crippen LogP contribution in [0.3, 0.4) is 0 Å². The molecule has 0 radical (unpaired) electrons. The van der Waals surface area contributed by atoms with Gasteiger partial charge in [0.2, 0.25) is 0 Å². The Morgan fingerprint density at radius 2 is 2.22 bits per heavy atom. The Bertz CT molecular complexity index is 620. The molecular formula is C16H19N3O4. The quantitative estimate of drug-likeness (QED) is 0.363. The van der Waals surface area contributed by atoms with Crippen LogP contribution >= 0.6 is 0 Å². The molecule has 1 aromatic rings. The van der Waals surface area contributed by atoms with Crippen molar-refractivity contribution in [1.29, 1.82) is 5.26 Å². The van der Waals surface area contributed by atoms with Crippen LogP contribution in [0.4, 0.5) is 5.69 Å². The monoisotopic (exact) mass is 317 g/mol.